The van der Waals surface area contributed by atoms with E-state index >= 15 is 0 Å². The number of pyridine rings is 1. The Bertz CT molecular complexity index is 629. The summed E-state index contributed by atoms with van der Waals surface area (Å²) in [5.74, 6) is -0.301. The number of hydrogen-bond donors (Lipinski definition) is 2. The van der Waals surface area contributed by atoms with Gasteiger partial charge in [-0.1, -0.05) is 0 Å². The Hall–Kier alpha value is -1.47. The van der Waals surface area contributed by atoms with E-state index in [2.05, 4.69) is 31.5 Å². The summed E-state index contributed by atoms with van der Waals surface area (Å²) < 4.78 is 6.18. The molecule has 3 rings (SSSR count). The van der Waals surface area contributed by atoms with Gasteiger partial charge in [-0.05, 0) is 60.4 Å². The number of carbonyl (C=O) groups is 2. The number of amides is 1. The SMILES string of the molecule is Cc1cc(Br)ncc1C(=O)NCC1CC2(CCNCC2)C(=O)O1. The Balaban J connectivity index is 1.58. The van der Waals surface area contributed by atoms with E-state index in [1.165, 1.54) is 0 Å². The molecular weight excluding hydrogens is 362 g/mol. The van der Waals surface area contributed by atoms with Crippen molar-refractivity contribution in [3.05, 3.63) is 28.0 Å². The number of esters is 1. The van der Waals surface area contributed by atoms with Crippen LogP contribution >= 0.6 is 15.9 Å². The van der Waals surface area contributed by atoms with Crippen molar-refractivity contribution in [3.8, 4) is 0 Å². The van der Waals surface area contributed by atoms with Gasteiger partial charge in [-0.25, -0.2) is 4.98 Å². The van der Waals surface area contributed by atoms with Crippen LogP contribution in [0.2, 0.25) is 0 Å². The van der Waals surface area contributed by atoms with Crippen LogP contribution in [0.5, 0.6) is 0 Å². The second-order valence-electron chi connectivity index (χ2n) is 6.29. The summed E-state index contributed by atoms with van der Waals surface area (Å²) in [4.78, 5) is 28.5. The van der Waals surface area contributed by atoms with E-state index in [0.717, 1.165) is 31.5 Å². The lowest BCUT2D eigenvalue weighted by Crippen LogP contribution is -2.39. The molecule has 0 saturated carbocycles. The van der Waals surface area contributed by atoms with Crippen molar-refractivity contribution in [3.63, 3.8) is 0 Å². The summed E-state index contributed by atoms with van der Waals surface area (Å²) in [6.07, 6.45) is 3.61. The Morgan fingerprint density at radius 2 is 2.26 bits per heavy atom. The van der Waals surface area contributed by atoms with Crippen molar-refractivity contribution in [2.45, 2.75) is 32.3 Å². The van der Waals surface area contributed by atoms with E-state index in [1.54, 1.807) is 12.3 Å². The van der Waals surface area contributed by atoms with E-state index in [4.69, 9.17) is 4.74 Å². The lowest BCUT2D eigenvalue weighted by molar-refractivity contribution is -0.149. The van der Waals surface area contributed by atoms with Gasteiger partial charge in [-0.2, -0.15) is 0 Å². The summed E-state index contributed by atoms with van der Waals surface area (Å²) in [5, 5.41) is 6.12. The van der Waals surface area contributed by atoms with Crippen molar-refractivity contribution in [2.24, 2.45) is 5.41 Å². The van der Waals surface area contributed by atoms with Gasteiger partial charge in [0.05, 0.1) is 17.5 Å². The first-order valence-electron chi connectivity index (χ1n) is 7.82. The molecule has 2 fully saturated rings. The van der Waals surface area contributed by atoms with Gasteiger partial charge in [0.2, 0.25) is 0 Å². The van der Waals surface area contributed by atoms with Gasteiger partial charge in [0.25, 0.3) is 5.91 Å². The average molecular weight is 382 g/mol. The molecule has 0 bridgehead atoms. The third-order valence-corrected chi connectivity index (χ3v) is 5.13. The van der Waals surface area contributed by atoms with Crippen LogP contribution in [0.1, 0.15) is 35.2 Å². The lowest BCUT2D eigenvalue weighted by atomic mass is 9.76. The van der Waals surface area contributed by atoms with Gasteiger partial charge in [0.15, 0.2) is 0 Å². The number of carbonyl (C=O) groups excluding carboxylic acids is 2. The number of nitrogens with one attached hydrogen (secondary N) is 2. The van der Waals surface area contributed by atoms with Crippen molar-refractivity contribution in [2.75, 3.05) is 19.6 Å². The molecular formula is C16H20BrN3O3. The molecule has 3 heterocycles. The van der Waals surface area contributed by atoms with Crippen molar-refractivity contribution < 1.29 is 14.3 Å². The molecule has 2 N–H and O–H groups in total. The standard InChI is InChI=1S/C16H20BrN3O3/c1-10-6-13(17)19-9-12(10)14(21)20-8-11-7-16(15(22)23-11)2-4-18-5-3-16/h6,9,11,18H,2-5,7-8H2,1H3,(H,20,21). The molecule has 7 heteroatoms. The molecule has 124 valence electrons. The van der Waals surface area contributed by atoms with Crippen LogP contribution in [-0.4, -0.2) is 42.6 Å². The zero-order valence-electron chi connectivity index (χ0n) is 13.0. The van der Waals surface area contributed by atoms with Gasteiger partial charge < -0.3 is 15.4 Å². The Kier molecular flexibility index (Phi) is 4.68. The number of aryl methyl sites for hydroxylation is 1. The average Bonchev–Trinajstić information content (AvgIpc) is 2.81. The second kappa shape index (κ2) is 6.57. The summed E-state index contributed by atoms with van der Waals surface area (Å²) in [7, 11) is 0. The Labute approximate surface area is 143 Å². The van der Waals surface area contributed by atoms with Crippen LogP contribution in [0.25, 0.3) is 0 Å². The normalized spacial score (nSPS) is 22.9. The van der Waals surface area contributed by atoms with Gasteiger partial charge >= 0.3 is 5.97 Å². The molecule has 0 radical (unpaired) electrons. The molecule has 2 saturated heterocycles. The molecule has 1 unspecified atom stereocenters. The molecule has 0 aliphatic carbocycles. The fourth-order valence-corrected chi connectivity index (χ4v) is 3.77. The zero-order valence-corrected chi connectivity index (χ0v) is 14.6. The van der Waals surface area contributed by atoms with Gasteiger partial charge in [0.1, 0.15) is 10.7 Å². The highest BCUT2D eigenvalue weighted by Gasteiger charge is 2.49. The predicted molar refractivity (Wildman–Crippen MR) is 88.0 cm³/mol. The molecule has 2 aliphatic heterocycles. The lowest BCUT2D eigenvalue weighted by Gasteiger charge is -2.29. The van der Waals surface area contributed by atoms with Crippen LogP contribution in [0.4, 0.5) is 0 Å². The largest absolute Gasteiger partial charge is 0.460 e. The highest BCUT2D eigenvalue weighted by Crippen LogP contribution is 2.41. The molecule has 23 heavy (non-hydrogen) atoms. The van der Waals surface area contributed by atoms with Crippen LogP contribution in [0.3, 0.4) is 0 Å². The minimum absolute atomic E-state index is 0.111. The first-order chi connectivity index (χ1) is 11.0. The maximum absolute atomic E-state index is 12.3. The monoisotopic (exact) mass is 381 g/mol. The van der Waals surface area contributed by atoms with Gasteiger partial charge in [-0.3, -0.25) is 9.59 Å². The summed E-state index contributed by atoms with van der Waals surface area (Å²) in [6.45, 7) is 3.89. The fraction of sp³-hybridized carbons (Fsp3) is 0.562. The minimum atomic E-state index is -0.351. The smallest absolute Gasteiger partial charge is 0.312 e. The molecule has 1 amide bonds. The molecule has 1 aromatic rings. The first-order valence-corrected chi connectivity index (χ1v) is 8.62. The van der Waals surface area contributed by atoms with Crippen LogP contribution in [-0.2, 0) is 9.53 Å². The number of hydrogen-bond acceptors (Lipinski definition) is 5. The number of piperidine rings is 1. The third kappa shape index (κ3) is 3.40. The molecule has 1 aromatic heterocycles. The first kappa shape index (κ1) is 16.4. The molecule has 1 atom stereocenters. The predicted octanol–water partition coefficient (Wildman–Crippen LogP) is 1.57. The maximum atomic E-state index is 12.3. The Morgan fingerprint density at radius 3 is 2.96 bits per heavy atom. The molecule has 0 aromatic carbocycles. The highest BCUT2D eigenvalue weighted by molar-refractivity contribution is 9.10. The number of cyclic esters (lactones) is 1. The number of ether oxygens (including phenoxy) is 1. The summed E-state index contributed by atoms with van der Waals surface area (Å²) in [5.41, 5.74) is 1.03. The molecule has 1 spiro atoms. The van der Waals surface area contributed by atoms with Crippen LogP contribution < -0.4 is 10.6 Å². The maximum Gasteiger partial charge on any atom is 0.312 e. The van der Waals surface area contributed by atoms with E-state index < -0.39 is 0 Å². The highest BCUT2D eigenvalue weighted by atomic mass is 79.9. The van der Waals surface area contributed by atoms with Crippen molar-refractivity contribution in [1.82, 2.24) is 15.6 Å². The minimum Gasteiger partial charge on any atom is -0.460 e. The number of halogens is 1. The van der Waals surface area contributed by atoms with E-state index in [0.29, 0.717) is 23.1 Å². The van der Waals surface area contributed by atoms with E-state index in [9.17, 15) is 9.59 Å². The van der Waals surface area contributed by atoms with E-state index in [-0.39, 0.29) is 23.4 Å². The number of nitrogens with zero attached hydrogens (tertiary/aromatic N) is 1. The van der Waals surface area contributed by atoms with E-state index in [1.807, 2.05) is 6.92 Å². The molecule has 2 aliphatic rings. The topological polar surface area (TPSA) is 80.3 Å². The van der Waals surface area contributed by atoms with Crippen molar-refractivity contribution >= 4 is 27.8 Å². The van der Waals surface area contributed by atoms with Crippen LogP contribution in [0, 0.1) is 12.3 Å². The summed E-state index contributed by atoms with van der Waals surface area (Å²) >= 11 is 3.28. The quantitative estimate of drug-likeness (QED) is 0.613. The third-order valence-electron chi connectivity index (χ3n) is 4.70. The van der Waals surface area contributed by atoms with Crippen molar-refractivity contribution in [1.29, 1.82) is 0 Å². The fourth-order valence-electron chi connectivity index (χ4n) is 3.33. The number of rotatable bonds is 3. The molecule has 6 nitrogen and oxygen atoms in total. The Morgan fingerprint density at radius 1 is 1.52 bits per heavy atom. The van der Waals surface area contributed by atoms with Gasteiger partial charge in [-0.15, -0.1) is 0 Å². The number of aromatic nitrogens is 1. The second-order valence-corrected chi connectivity index (χ2v) is 7.11. The van der Waals surface area contributed by atoms with Gasteiger partial charge in [0, 0.05) is 12.6 Å². The zero-order chi connectivity index (χ0) is 16.4. The van der Waals surface area contributed by atoms with Crippen LogP contribution in [0.15, 0.2) is 16.9 Å². The summed E-state index contributed by atoms with van der Waals surface area (Å²) in [6, 6.07) is 1.80.